The molecule has 2 nitrogen and oxygen atoms in total. The van der Waals surface area contributed by atoms with Crippen LogP contribution >= 0.6 is 15.9 Å². The van der Waals surface area contributed by atoms with Gasteiger partial charge in [0.2, 0.25) is 0 Å². The molecule has 0 saturated carbocycles. The first-order chi connectivity index (χ1) is 10.2. The Balaban J connectivity index is 2.01. The lowest BCUT2D eigenvalue weighted by Crippen LogP contribution is -2.32. The number of carbonyl (C=O) groups is 1. The van der Waals surface area contributed by atoms with E-state index >= 15 is 0 Å². The van der Waals surface area contributed by atoms with Gasteiger partial charge in [0.25, 0.3) is 5.91 Å². The number of halogens is 2. The predicted molar refractivity (Wildman–Crippen MR) is 85.2 cm³/mol. The van der Waals surface area contributed by atoms with E-state index in [9.17, 15) is 9.18 Å². The largest absolute Gasteiger partial charge is 0.308 e. The Hall–Kier alpha value is -1.68. The smallest absolute Gasteiger partial charge is 0.261 e. The Morgan fingerprint density at radius 3 is 2.76 bits per heavy atom. The number of para-hydroxylation sites is 1. The highest BCUT2D eigenvalue weighted by Crippen LogP contribution is 2.28. The molecule has 0 atom stereocenters. The van der Waals surface area contributed by atoms with Gasteiger partial charge in [-0.2, -0.15) is 0 Å². The summed E-state index contributed by atoms with van der Waals surface area (Å²) in [7, 11) is 0. The van der Waals surface area contributed by atoms with Gasteiger partial charge in [0, 0.05) is 16.7 Å². The molecule has 1 aliphatic rings. The van der Waals surface area contributed by atoms with Gasteiger partial charge in [-0.1, -0.05) is 34.1 Å². The summed E-state index contributed by atoms with van der Waals surface area (Å²) in [6.45, 7) is 0.630. The summed E-state index contributed by atoms with van der Waals surface area (Å²) in [4.78, 5) is 14.4. The lowest BCUT2D eigenvalue weighted by molar-refractivity contribution is 0.0983. The topological polar surface area (TPSA) is 20.3 Å². The van der Waals surface area contributed by atoms with Crippen LogP contribution in [0.1, 0.15) is 28.8 Å². The Kier molecular flexibility index (Phi) is 4.06. The number of aryl methyl sites for hydroxylation is 1. The number of rotatable bonds is 1. The van der Waals surface area contributed by atoms with Gasteiger partial charge in [0.05, 0.1) is 5.56 Å². The maximum absolute atomic E-state index is 14.1. The monoisotopic (exact) mass is 347 g/mol. The van der Waals surface area contributed by atoms with Gasteiger partial charge in [0.15, 0.2) is 0 Å². The zero-order valence-electron chi connectivity index (χ0n) is 11.5. The number of anilines is 1. The minimum absolute atomic E-state index is 0.120. The van der Waals surface area contributed by atoms with Crippen LogP contribution in [0, 0.1) is 5.82 Å². The van der Waals surface area contributed by atoms with E-state index in [1.165, 1.54) is 12.1 Å². The molecule has 0 aromatic heterocycles. The fourth-order valence-electron chi connectivity index (χ4n) is 2.71. The fraction of sp³-hybridized carbons (Fsp3) is 0.235. The van der Waals surface area contributed by atoms with Crippen LogP contribution in [0.4, 0.5) is 10.1 Å². The van der Waals surface area contributed by atoms with Gasteiger partial charge >= 0.3 is 0 Å². The molecule has 1 heterocycles. The SMILES string of the molecule is O=C(c1ccc(Br)cc1F)N1CCCCc2ccccc21. The molecule has 0 N–H and O–H groups in total. The van der Waals surface area contributed by atoms with E-state index in [4.69, 9.17) is 0 Å². The third-order valence-electron chi connectivity index (χ3n) is 3.77. The van der Waals surface area contributed by atoms with Crippen LogP contribution in [0.2, 0.25) is 0 Å². The third-order valence-corrected chi connectivity index (χ3v) is 4.26. The van der Waals surface area contributed by atoms with E-state index in [0.29, 0.717) is 11.0 Å². The van der Waals surface area contributed by atoms with E-state index < -0.39 is 5.82 Å². The number of fused-ring (bicyclic) bond motifs is 1. The Bertz CT molecular complexity index is 686. The molecule has 1 amide bonds. The van der Waals surface area contributed by atoms with E-state index in [2.05, 4.69) is 15.9 Å². The second-order valence-electron chi connectivity index (χ2n) is 5.17. The molecule has 3 rings (SSSR count). The van der Waals surface area contributed by atoms with E-state index in [-0.39, 0.29) is 11.5 Å². The molecular weight excluding hydrogens is 333 g/mol. The van der Waals surface area contributed by atoms with Crippen molar-refractivity contribution in [3.8, 4) is 0 Å². The first-order valence-corrected chi connectivity index (χ1v) is 7.81. The summed E-state index contributed by atoms with van der Waals surface area (Å²) < 4.78 is 14.7. The molecule has 108 valence electrons. The Labute approximate surface area is 131 Å². The molecule has 0 aliphatic carbocycles. The van der Waals surface area contributed by atoms with Crippen LogP contribution < -0.4 is 4.90 Å². The molecule has 0 saturated heterocycles. The van der Waals surface area contributed by atoms with Gasteiger partial charge < -0.3 is 4.90 Å². The predicted octanol–water partition coefficient (Wildman–Crippen LogP) is 4.57. The van der Waals surface area contributed by atoms with E-state index in [1.807, 2.05) is 24.3 Å². The molecule has 0 radical (unpaired) electrons. The molecular formula is C17H15BrFNO. The number of amides is 1. The van der Waals surface area contributed by atoms with Crippen LogP contribution in [-0.4, -0.2) is 12.5 Å². The number of hydrogen-bond acceptors (Lipinski definition) is 1. The van der Waals surface area contributed by atoms with Crippen LogP contribution in [0.5, 0.6) is 0 Å². The molecule has 0 bridgehead atoms. The minimum atomic E-state index is -0.490. The van der Waals surface area contributed by atoms with Crippen molar-refractivity contribution < 1.29 is 9.18 Å². The Morgan fingerprint density at radius 1 is 1.14 bits per heavy atom. The van der Waals surface area contributed by atoms with Crippen LogP contribution in [0.15, 0.2) is 46.9 Å². The number of benzene rings is 2. The summed E-state index contributed by atoms with van der Waals surface area (Å²) >= 11 is 3.21. The van der Waals surface area contributed by atoms with Gasteiger partial charge in [0.1, 0.15) is 5.82 Å². The van der Waals surface area contributed by atoms with Crippen LogP contribution in [0.3, 0.4) is 0 Å². The van der Waals surface area contributed by atoms with Crippen molar-refractivity contribution in [2.45, 2.75) is 19.3 Å². The van der Waals surface area contributed by atoms with Gasteiger partial charge in [-0.25, -0.2) is 4.39 Å². The van der Waals surface area contributed by atoms with Crippen molar-refractivity contribution >= 4 is 27.5 Å². The van der Waals surface area contributed by atoms with Crippen molar-refractivity contribution in [3.63, 3.8) is 0 Å². The number of carbonyl (C=O) groups excluding carboxylic acids is 1. The first kappa shape index (κ1) is 14.3. The molecule has 0 spiro atoms. The molecule has 0 unspecified atom stereocenters. The second kappa shape index (κ2) is 5.98. The highest BCUT2D eigenvalue weighted by atomic mass is 79.9. The number of hydrogen-bond donors (Lipinski definition) is 0. The highest BCUT2D eigenvalue weighted by molar-refractivity contribution is 9.10. The maximum Gasteiger partial charge on any atom is 0.261 e. The lowest BCUT2D eigenvalue weighted by atomic mass is 10.1. The van der Waals surface area contributed by atoms with Crippen molar-refractivity contribution in [2.24, 2.45) is 0 Å². The van der Waals surface area contributed by atoms with E-state index in [0.717, 1.165) is 30.5 Å². The van der Waals surface area contributed by atoms with Crippen LogP contribution in [-0.2, 0) is 6.42 Å². The molecule has 0 fully saturated rings. The Morgan fingerprint density at radius 2 is 1.95 bits per heavy atom. The maximum atomic E-state index is 14.1. The third kappa shape index (κ3) is 2.86. The molecule has 2 aromatic carbocycles. The molecule has 21 heavy (non-hydrogen) atoms. The van der Waals surface area contributed by atoms with Gasteiger partial charge in [-0.3, -0.25) is 4.79 Å². The average molecular weight is 348 g/mol. The summed E-state index contributed by atoms with van der Waals surface area (Å²) in [5.74, 6) is -0.759. The summed E-state index contributed by atoms with van der Waals surface area (Å²) in [5.41, 5.74) is 2.18. The van der Waals surface area contributed by atoms with Gasteiger partial charge in [-0.05, 0) is 49.1 Å². The summed E-state index contributed by atoms with van der Waals surface area (Å²) in [6, 6.07) is 12.4. The number of nitrogens with zero attached hydrogens (tertiary/aromatic N) is 1. The average Bonchev–Trinajstić information content (AvgIpc) is 2.69. The zero-order valence-corrected chi connectivity index (χ0v) is 13.1. The highest BCUT2D eigenvalue weighted by Gasteiger charge is 2.24. The van der Waals surface area contributed by atoms with Crippen molar-refractivity contribution in [2.75, 3.05) is 11.4 Å². The van der Waals surface area contributed by atoms with Crippen molar-refractivity contribution in [3.05, 3.63) is 63.9 Å². The normalized spacial score (nSPS) is 14.5. The van der Waals surface area contributed by atoms with Crippen molar-refractivity contribution in [1.29, 1.82) is 0 Å². The van der Waals surface area contributed by atoms with Crippen molar-refractivity contribution in [1.82, 2.24) is 0 Å². The standard InChI is InChI=1S/C17H15BrFNO/c18-13-8-9-14(15(19)11-13)17(21)20-10-4-3-6-12-5-1-2-7-16(12)20/h1-2,5,7-9,11H,3-4,6,10H2. The molecule has 2 aromatic rings. The fourth-order valence-corrected chi connectivity index (χ4v) is 3.04. The lowest BCUT2D eigenvalue weighted by Gasteiger charge is -2.23. The van der Waals surface area contributed by atoms with Crippen LogP contribution in [0.25, 0.3) is 0 Å². The summed E-state index contributed by atoms with van der Waals surface area (Å²) in [5, 5.41) is 0. The molecule has 1 aliphatic heterocycles. The molecule has 4 heteroatoms. The zero-order chi connectivity index (χ0) is 14.8. The summed E-state index contributed by atoms with van der Waals surface area (Å²) in [6.07, 6.45) is 2.94. The first-order valence-electron chi connectivity index (χ1n) is 7.01. The quantitative estimate of drug-likeness (QED) is 0.739. The second-order valence-corrected chi connectivity index (χ2v) is 6.08. The minimum Gasteiger partial charge on any atom is -0.308 e. The van der Waals surface area contributed by atoms with E-state index in [1.54, 1.807) is 11.0 Å². The van der Waals surface area contributed by atoms with Gasteiger partial charge in [-0.15, -0.1) is 0 Å².